The molecule has 17 heavy (non-hydrogen) atoms. The van der Waals surface area contributed by atoms with Gasteiger partial charge in [0.1, 0.15) is 0 Å². The molecule has 1 aliphatic rings. The van der Waals surface area contributed by atoms with Crippen molar-refractivity contribution in [2.24, 2.45) is 4.99 Å². The van der Waals surface area contributed by atoms with Gasteiger partial charge in [0.25, 0.3) is 0 Å². The summed E-state index contributed by atoms with van der Waals surface area (Å²) in [5.41, 5.74) is 1.64. The third-order valence-corrected chi connectivity index (χ3v) is 3.91. The number of benzene rings is 1. The number of halogens is 4. The van der Waals surface area contributed by atoms with E-state index in [0.29, 0.717) is 21.7 Å². The van der Waals surface area contributed by atoms with Crippen LogP contribution in [0.25, 0.3) is 0 Å². The Kier molecular flexibility index (Phi) is 5.57. The highest BCUT2D eigenvalue weighted by Crippen LogP contribution is 2.37. The third-order valence-electron chi connectivity index (χ3n) is 2.32. The molecule has 0 bridgehead atoms. The standard InChI is InChI=1S/C10H10BrCl2N3.BrH/c1-5-6(11)4-7(12)9(8(5)13)16-10-14-2-3-15-10;/h4H,2-3H2,1H3,(H2,14,15,16);1H. The molecule has 94 valence electrons. The van der Waals surface area contributed by atoms with Gasteiger partial charge >= 0.3 is 0 Å². The number of hydrogen-bond acceptors (Lipinski definition) is 3. The maximum Gasteiger partial charge on any atom is 0.196 e. The first-order chi connectivity index (χ1) is 7.59. The average molecular weight is 404 g/mol. The molecule has 0 amide bonds. The van der Waals surface area contributed by atoms with Gasteiger partial charge in [0.05, 0.1) is 22.3 Å². The van der Waals surface area contributed by atoms with Crippen LogP contribution in [-0.2, 0) is 0 Å². The first-order valence-electron chi connectivity index (χ1n) is 4.79. The Balaban J connectivity index is 0.00000144. The Morgan fingerprint density at radius 3 is 2.76 bits per heavy atom. The third kappa shape index (κ3) is 3.28. The second-order valence-electron chi connectivity index (χ2n) is 3.44. The van der Waals surface area contributed by atoms with E-state index in [9.17, 15) is 0 Å². The molecule has 0 radical (unpaired) electrons. The van der Waals surface area contributed by atoms with E-state index in [-0.39, 0.29) is 17.0 Å². The molecule has 1 aromatic carbocycles. The van der Waals surface area contributed by atoms with Crippen molar-refractivity contribution in [2.75, 3.05) is 18.4 Å². The second kappa shape index (κ2) is 6.27. The van der Waals surface area contributed by atoms with Gasteiger partial charge in [-0.15, -0.1) is 17.0 Å². The predicted molar refractivity (Wildman–Crippen MR) is 83.1 cm³/mol. The van der Waals surface area contributed by atoms with Crippen LogP contribution in [0.5, 0.6) is 0 Å². The molecule has 0 spiro atoms. The maximum atomic E-state index is 6.22. The van der Waals surface area contributed by atoms with Crippen LogP contribution in [0.1, 0.15) is 5.56 Å². The van der Waals surface area contributed by atoms with E-state index < -0.39 is 0 Å². The van der Waals surface area contributed by atoms with Crippen molar-refractivity contribution in [3.8, 4) is 0 Å². The molecule has 0 saturated heterocycles. The van der Waals surface area contributed by atoms with Gasteiger partial charge in [-0.1, -0.05) is 39.1 Å². The fraction of sp³-hybridized carbons (Fsp3) is 0.300. The number of guanidine groups is 1. The van der Waals surface area contributed by atoms with Gasteiger partial charge in [-0.3, -0.25) is 4.99 Å². The zero-order chi connectivity index (χ0) is 11.7. The van der Waals surface area contributed by atoms with Gasteiger partial charge in [0, 0.05) is 11.0 Å². The van der Waals surface area contributed by atoms with E-state index in [1.807, 2.05) is 13.0 Å². The summed E-state index contributed by atoms with van der Waals surface area (Å²) in [6, 6.07) is 1.82. The van der Waals surface area contributed by atoms with Crippen LogP contribution in [-0.4, -0.2) is 19.0 Å². The van der Waals surface area contributed by atoms with Gasteiger partial charge in [-0.05, 0) is 18.6 Å². The van der Waals surface area contributed by atoms with E-state index in [2.05, 4.69) is 31.6 Å². The highest BCUT2D eigenvalue weighted by molar-refractivity contribution is 9.10. The minimum Gasteiger partial charge on any atom is -0.354 e. The Hall–Kier alpha value is 0.0300. The Bertz CT molecular complexity index is 463. The van der Waals surface area contributed by atoms with Crippen molar-refractivity contribution in [2.45, 2.75) is 6.92 Å². The van der Waals surface area contributed by atoms with Crippen molar-refractivity contribution in [1.29, 1.82) is 0 Å². The van der Waals surface area contributed by atoms with Gasteiger partial charge in [0.15, 0.2) is 5.96 Å². The molecule has 0 fully saturated rings. The summed E-state index contributed by atoms with van der Waals surface area (Å²) >= 11 is 15.7. The quantitative estimate of drug-likeness (QED) is 0.743. The van der Waals surface area contributed by atoms with Crippen LogP contribution in [0.2, 0.25) is 10.0 Å². The number of rotatable bonds is 1. The van der Waals surface area contributed by atoms with Crippen LogP contribution in [0.15, 0.2) is 15.5 Å². The molecule has 1 heterocycles. The summed E-state index contributed by atoms with van der Waals surface area (Å²) in [6.45, 7) is 3.54. The van der Waals surface area contributed by atoms with Crippen LogP contribution < -0.4 is 10.6 Å². The lowest BCUT2D eigenvalue weighted by Gasteiger charge is -2.13. The summed E-state index contributed by atoms with van der Waals surface area (Å²) in [7, 11) is 0. The van der Waals surface area contributed by atoms with Crippen LogP contribution in [0.4, 0.5) is 5.69 Å². The van der Waals surface area contributed by atoms with Crippen molar-refractivity contribution in [1.82, 2.24) is 5.32 Å². The highest BCUT2D eigenvalue weighted by atomic mass is 79.9. The summed E-state index contributed by atoms with van der Waals surface area (Å²) in [6.07, 6.45) is 0. The van der Waals surface area contributed by atoms with Crippen LogP contribution in [0, 0.1) is 6.92 Å². The molecular weight excluding hydrogens is 393 g/mol. The second-order valence-corrected chi connectivity index (χ2v) is 5.08. The van der Waals surface area contributed by atoms with Crippen molar-refractivity contribution >= 4 is 67.8 Å². The zero-order valence-electron chi connectivity index (χ0n) is 8.98. The topological polar surface area (TPSA) is 36.4 Å². The molecule has 0 aliphatic carbocycles. The summed E-state index contributed by atoms with van der Waals surface area (Å²) in [4.78, 5) is 4.23. The van der Waals surface area contributed by atoms with Gasteiger partial charge in [-0.2, -0.15) is 0 Å². The van der Waals surface area contributed by atoms with Crippen LogP contribution in [0.3, 0.4) is 0 Å². The minimum absolute atomic E-state index is 0. The molecule has 0 unspecified atom stereocenters. The largest absolute Gasteiger partial charge is 0.354 e. The summed E-state index contributed by atoms with van der Waals surface area (Å²) in [5.74, 6) is 0.713. The maximum absolute atomic E-state index is 6.22. The number of nitrogens with one attached hydrogen (secondary N) is 2. The smallest absolute Gasteiger partial charge is 0.196 e. The van der Waals surface area contributed by atoms with E-state index in [1.165, 1.54) is 0 Å². The van der Waals surface area contributed by atoms with Crippen molar-refractivity contribution < 1.29 is 0 Å². The number of nitrogens with zero attached hydrogens (tertiary/aromatic N) is 1. The molecule has 3 nitrogen and oxygen atoms in total. The summed E-state index contributed by atoms with van der Waals surface area (Å²) < 4.78 is 0.898. The van der Waals surface area contributed by atoms with E-state index in [0.717, 1.165) is 23.1 Å². The first-order valence-corrected chi connectivity index (χ1v) is 6.34. The number of hydrogen-bond donors (Lipinski definition) is 2. The van der Waals surface area contributed by atoms with Gasteiger partial charge in [-0.25, -0.2) is 0 Å². The molecule has 2 N–H and O–H groups in total. The van der Waals surface area contributed by atoms with Gasteiger partial charge in [0.2, 0.25) is 0 Å². The Labute approximate surface area is 129 Å². The minimum atomic E-state index is 0. The lowest BCUT2D eigenvalue weighted by atomic mass is 10.2. The fourth-order valence-electron chi connectivity index (χ4n) is 1.40. The van der Waals surface area contributed by atoms with Crippen molar-refractivity contribution in [3.63, 3.8) is 0 Å². The molecule has 2 rings (SSSR count). The number of anilines is 1. The zero-order valence-corrected chi connectivity index (χ0v) is 13.8. The lowest BCUT2D eigenvalue weighted by Crippen LogP contribution is -2.26. The van der Waals surface area contributed by atoms with E-state index in [1.54, 1.807) is 0 Å². The SMILES string of the molecule is Br.Cc1c(Br)cc(Cl)c(NC2=NCCN2)c1Cl. The molecule has 7 heteroatoms. The van der Waals surface area contributed by atoms with E-state index >= 15 is 0 Å². The molecule has 0 aromatic heterocycles. The van der Waals surface area contributed by atoms with Crippen molar-refractivity contribution in [3.05, 3.63) is 26.1 Å². The van der Waals surface area contributed by atoms with Crippen LogP contribution >= 0.6 is 56.1 Å². The normalized spacial score (nSPS) is 13.8. The molecular formula is C10H11Br2Cl2N3. The molecule has 0 saturated carbocycles. The Morgan fingerprint density at radius 2 is 2.18 bits per heavy atom. The summed E-state index contributed by atoms with van der Waals surface area (Å²) in [5, 5.41) is 7.38. The average Bonchev–Trinajstić information content (AvgIpc) is 2.74. The lowest BCUT2D eigenvalue weighted by molar-refractivity contribution is 0.959. The van der Waals surface area contributed by atoms with Gasteiger partial charge < -0.3 is 10.6 Å². The van der Waals surface area contributed by atoms with E-state index in [4.69, 9.17) is 23.2 Å². The predicted octanol–water partition coefficient (Wildman–Crippen LogP) is 4.01. The molecule has 1 aliphatic heterocycles. The Morgan fingerprint density at radius 1 is 1.47 bits per heavy atom. The molecule has 0 atom stereocenters. The first kappa shape index (κ1) is 15.1. The molecule has 1 aromatic rings. The number of aliphatic imine (C=N–C) groups is 1. The highest BCUT2D eigenvalue weighted by Gasteiger charge is 2.14. The fourth-order valence-corrected chi connectivity index (χ4v) is 2.63. The monoisotopic (exact) mass is 401 g/mol.